The smallest absolute Gasteiger partial charge is 0.164 e. The molecular weight excluding hydrogens is 140 g/mol. The molecule has 11 heavy (non-hydrogen) atoms. The molecule has 2 N–H and O–H groups in total. The van der Waals surface area contributed by atoms with Gasteiger partial charge in [-0.15, -0.1) is 0 Å². The van der Waals surface area contributed by atoms with E-state index in [9.17, 15) is 0 Å². The fraction of sp³-hybridized carbons (Fsp3) is 0.714. The van der Waals surface area contributed by atoms with E-state index < -0.39 is 0 Å². The molecule has 1 heterocycles. The third-order valence-corrected chi connectivity index (χ3v) is 1.30. The van der Waals surface area contributed by atoms with Crippen LogP contribution in [0.2, 0.25) is 0 Å². The molecule has 0 saturated heterocycles. The quantitative estimate of drug-likeness (QED) is 0.666. The van der Waals surface area contributed by atoms with Crippen LogP contribution in [0.5, 0.6) is 0 Å². The average Bonchev–Trinajstić information content (AvgIpc) is 2.39. The van der Waals surface area contributed by atoms with Crippen LogP contribution >= 0.6 is 0 Å². The zero-order valence-corrected chi connectivity index (χ0v) is 6.96. The second kappa shape index (κ2) is 4.08. The van der Waals surface area contributed by atoms with Gasteiger partial charge in [0.15, 0.2) is 5.82 Å². The average molecular weight is 154 g/mol. The van der Waals surface area contributed by atoms with E-state index >= 15 is 0 Å². The van der Waals surface area contributed by atoms with Gasteiger partial charge in [-0.1, -0.05) is 13.8 Å². The molecule has 1 rings (SSSR count). The molecule has 62 valence electrons. The summed E-state index contributed by atoms with van der Waals surface area (Å²) < 4.78 is 0. The van der Waals surface area contributed by atoms with Crippen molar-refractivity contribution in [3.63, 3.8) is 0 Å². The van der Waals surface area contributed by atoms with Crippen LogP contribution in [0.3, 0.4) is 0 Å². The summed E-state index contributed by atoms with van der Waals surface area (Å²) in [4.78, 5) is 3.98. The Kier molecular flexibility index (Phi) is 3.04. The number of nitrogens with one attached hydrogen (secondary N) is 2. The first-order chi connectivity index (χ1) is 5.29. The van der Waals surface area contributed by atoms with Gasteiger partial charge in [0.2, 0.25) is 0 Å². The summed E-state index contributed by atoms with van der Waals surface area (Å²) in [6.45, 7) is 6.10. The molecule has 1 aromatic rings. The number of hydrogen-bond donors (Lipinski definition) is 2. The standard InChI is InChI=1S/C7H14N4/c1-6(2)3-8-4-7-9-5-10-11-7/h5-6,8H,3-4H2,1-2H3,(H,9,10,11). The summed E-state index contributed by atoms with van der Waals surface area (Å²) in [6.07, 6.45) is 1.59. The molecule has 1 aromatic heterocycles. The molecule has 4 nitrogen and oxygen atoms in total. The second-order valence-electron chi connectivity index (χ2n) is 2.94. The molecule has 0 spiro atoms. The highest BCUT2D eigenvalue weighted by Crippen LogP contribution is 1.89. The van der Waals surface area contributed by atoms with Crippen molar-refractivity contribution in [3.8, 4) is 0 Å². The molecule has 0 amide bonds. The maximum Gasteiger partial charge on any atom is 0.164 e. The van der Waals surface area contributed by atoms with Gasteiger partial charge in [-0.25, -0.2) is 4.98 Å². The summed E-state index contributed by atoms with van der Waals surface area (Å²) in [5, 5.41) is 9.82. The summed E-state index contributed by atoms with van der Waals surface area (Å²) in [5.74, 6) is 1.50. The van der Waals surface area contributed by atoms with E-state index in [1.165, 1.54) is 0 Å². The minimum absolute atomic E-state index is 0.675. The first-order valence-electron chi connectivity index (χ1n) is 3.84. The molecule has 0 bridgehead atoms. The van der Waals surface area contributed by atoms with Crippen molar-refractivity contribution < 1.29 is 0 Å². The Bertz CT molecular complexity index is 180. The van der Waals surface area contributed by atoms with Gasteiger partial charge in [-0.3, -0.25) is 5.10 Å². The first-order valence-corrected chi connectivity index (χ1v) is 3.84. The van der Waals surface area contributed by atoms with Crippen molar-refractivity contribution in [1.29, 1.82) is 0 Å². The molecule has 0 aromatic carbocycles. The molecule has 0 radical (unpaired) electrons. The predicted molar refractivity (Wildman–Crippen MR) is 42.9 cm³/mol. The largest absolute Gasteiger partial charge is 0.310 e. The van der Waals surface area contributed by atoms with Gasteiger partial charge in [0.05, 0.1) is 6.54 Å². The highest BCUT2D eigenvalue weighted by atomic mass is 15.2. The molecule has 0 fully saturated rings. The lowest BCUT2D eigenvalue weighted by Crippen LogP contribution is -2.19. The number of hydrogen-bond acceptors (Lipinski definition) is 3. The van der Waals surface area contributed by atoms with E-state index in [0.29, 0.717) is 5.92 Å². The normalized spacial score (nSPS) is 10.8. The number of aromatic nitrogens is 3. The fourth-order valence-electron chi connectivity index (χ4n) is 0.793. The zero-order valence-electron chi connectivity index (χ0n) is 6.96. The van der Waals surface area contributed by atoms with Crippen LogP contribution in [0.1, 0.15) is 19.7 Å². The van der Waals surface area contributed by atoms with E-state index in [-0.39, 0.29) is 0 Å². The van der Waals surface area contributed by atoms with Crippen molar-refractivity contribution in [2.24, 2.45) is 5.92 Å². The van der Waals surface area contributed by atoms with Crippen LogP contribution in [0.25, 0.3) is 0 Å². The molecular formula is C7H14N4. The third kappa shape index (κ3) is 3.13. The Morgan fingerprint density at radius 2 is 2.45 bits per heavy atom. The van der Waals surface area contributed by atoms with Gasteiger partial charge >= 0.3 is 0 Å². The van der Waals surface area contributed by atoms with Crippen LogP contribution in [0.15, 0.2) is 6.33 Å². The van der Waals surface area contributed by atoms with Crippen molar-refractivity contribution in [3.05, 3.63) is 12.2 Å². The number of H-pyrrole nitrogens is 1. The maximum absolute atomic E-state index is 3.98. The van der Waals surface area contributed by atoms with E-state index in [0.717, 1.165) is 18.9 Å². The maximum atomic E-state index is 3.98. The molecule has 0 aliphatic rings. The lowest BCUT2D eigenvalue weighted by Gasteiger charge is -2.03. The highest BCUT2D eigenvalue weighted by Gasteiger charge is 1.96. The monoisotopic (exact) mass is 154 g/mol. The summed E-state index contributed by atoms with van der Waals surface area (Å²) in [7, 11) is 0. The Hall–Kier alpha value is -0.900. The van der Waals surface area contributed by atoms with Crippen molar-refractivity contribution in [2.45, 2.75) is 20.4 Å². The Balaban J connectivity index is 2.14. The van der Waals surface area contributed by atoms with Crippen LogP contribution in [-0.4, -0.2) is 21.7 Å². The second-order valence-corrected chi connectivity index (χ2v) is 2.94. The Morgan fingerprint density at radius 3 is 3.00 bits per heavy atom. The van der Waals surface area contributed by atoms with Crippen LogP contribution in [0.4, 0.5) is 0 Å². The van der Waals surface area contributed by atoms with E-state index in [2.05, 4.69) is 34.3 Å². The van der Waals surface area contributed by atoms with Gasteiger partial charge in [0, 0.05) is 0 Å². The number of aromatic amines is 1. The Morgan fingerprint density at radius 1 is 1.64 bits per heavy atom. The summed E-state index contributed by atoms with van der Waals surface area (Å²) >= 11 is 0. The predicted octanol–water partition coefficient (Wildman–Crippen LogP) is 0.550. The topological polar surface area (TPSA) is 53.6 Å². The van der Waals surface area contributed by atoms with E-state index in [1.807, 2.05) is 0 Å². The lowest BCUT2D eigenvalue weighted by molar-refractivity contribution is 0.543. The molecule has 0 atom stereocenters. The molecule has 4 heteroatoms. The summed E-state index contributed by atoms with van der Waals surface area (Å²) in [6, 6.07) is 0. The van der Waals surface area contributed by atoms with Gasteiger partial charge in [-0.2, -0.15) is 5.10 Å². The lowest BCUT2D eigenvalue weighted by atomic mass is 10.2. The van der Waals surface area contributed by atoms with Gasteiger partial charge < -0.3 is 5.32 Å². The molecule has 0 unspecified atom stereocenters. The van der Waals surface area contributed by atoms with Crippen molar-refractivity contribution in [2.75, 3.05) is 6.54 Å². The Labute approximate surface area is 66.4 Å². The SMILES string of the molecule is CC(C)CNCc1nc[nH]n1. The van der Waals surface area contributed by atoms with Crippen LogP contribution < -0.4 is 5.32 Å². The van der Waals surface area contributed by atoms with Gasteiger partial charge in [0.1, 0.15) is 6.33 Å². The fourth-order valence-corrected chi connectivity index (χ4v) is 0.793. The molecule has 0 aliphatic carbocycles. The van der Waals surface area contributed by atoms with Crippen molar-refractivity contribution >= 4 is 0 Å². The minimum Gasteiger partial charge on any atom is -0.310 e. The zero-order chi connectivity index (χ0) is 8.10. The highest BCUT2D eigenvalue weighted by molar-refractivity contribution is 4.78. The van der Waals surface area contributed by atoms with E-state index in [1.54, 1.807) is 6.33 Å². The molecule has 0 saturated carbocycles. The summed E-state index contributed by atoms with van der Waals surface area (Å²) in [5.41, 5.74) is 0. The first kappa shape index (κ1) is 8.20. The van der Waals surface area contributed by atoms with Gasteiger partial charge in [-0.05, 0) is 12.5 Å². The molecule has 0 aliphatic heterocycles. The minimum atomic E-state index is 0.675. The van der Waals surface area contributed by atoms with E-state index in [4.69, 9.17) is 0 Å². The van der Waals surface area contributed by atoms with Crippen molar-refractivity contribution in [1.82, 2.24) is 20.5 Å². The number of rotatable bonds is 4. The third-order valence-electron chi connectivity index (χ3n) is 1.30. The van der Waals surface area contributed by atoms with Crippen LogP contribution in [-0.2, 0) is 6.54 Å². The van der Waals surface area contributed by atoms with Crippen LogP contribution in [0, 0.1) is 5.92 Å². The number of nitrogens with zero attached hydrogens (tertiary/aromatic N) is 2. The van der Waals surface area contributed by atoms with Gasteiger partial charge in [0.25, 0.3) is 0 Å².